The average molecular weight is 433 g/mol. The molecule has 1 saturated heterocycles. The van der Waals surface area contributed by atoms with Gasteiger partial charge in [0.25, 0.3) is 0 Å². The number of rotatable bonds is 6. The molecule has 10 heteroatoms. The fourth-order valence-corrected chi connectivity index (χ4v) is 5.51. The minimum Gasteiger partial charge on any atom is -0.497 e. The molecular formula is C20H24N4O5S. The van der Waals surface area contributed by atoms with Gasteiger partial charge in [-0.1, -0.05) is 0 Å². The maximum atomic E-state index is 13.2. The predicted molar refractivity (Wildman–Crippen MR) is 111 cm³/mol. The molecule has 3 heterocycles. The van der Waals surface area contributed by atoms with Crippen LogP contribution in [-0.2, 0) is 16.6 Å². The van der Waals surface area contributed by atoms with Gasteiger partial charge in [0.05, 0.1) is 19.7 Å². The summed E-state index contributed by atoms with van der Waals surface area (Å²) in [7, 11) is -0.789. The number of aromatic nitrogens is 3. The molecule has 1 aliphatic rings. The highest BCUT2D eigenvalue weighted by Crippen LogP contribution is 2.32. The van der Waals surface area contributed by atoms with E-state index in [0.717, 1.165) is 0 Å². The van der Waals surface area contributed by atoms with Crippen molar-refractivity contribution in [3.8, 4) is 11.5 Å². The molecule has 1 fully saturated rings. The van der Waals surface area contributed by atoms with Crippen molar-refractivity contribution < 1.29 is 17.9 Å². The maximum absolute atomic E-state index is 13.2. The highest BCUT2D eigenvalue weighted by Gasteiger charge is 2.32. The first-order chi connectivity index (χ1) is 14.4. The molecular weight excluding hydrogens is 408 g/mol. The number of benzene rings is 1. The van der Waals surface area contributed by atoms with E-state index in [-0.39, 0.29) is 22.3 Å². The van der Waals surface area contributed by atoms with Crippen molar-refractivity contribution >= 4 is 21.2 Å². The van der Waals surface area contributed by atoms with Gasteiger partial charge in [-0.05, 0) is 43.0 Å². The molecule has 1 aromatic carbocycles. The zero-order chi connectivity index (χ0) is 21.3. The fraction of sp³-hybridized carbons (Fsp3) is 0.400. The highest BCUT2D eigenvalue weighted by atomic mass is 32.2. The second kappa shape index (κ2) is 8.11. The minimum atomic E-state index is -3.72. The van der Waals surface area contributed by atoms with Crippen molar-refractivity contribution in [2.45, 2.75) is 24.3 Å². The number of hydrogen-bond donors (Lipinski definition) is 1. The number of pyridine rings is 1. The monoisotopic (exact) mass is 432 g/mol. The van der Waals surface area contributed by atoms with E-state index in [1.54, 1.807) is 29.0 Å². The van der Waals surface area contributed by atoms with Gasteiger partial charge in [0.2, 0.25) is 10.0 Å². The van der Waals surface area contributed by atoms with Crippen molar-refractivity contribution in [1.82, 2.24) is 18.8 Å². The summed E-state index contributed by atoms with van der Waals surface area (Å²) >= 11 is 0. The molecule has 0 radical (unpaired) electrons. The van der Waals surface area contributed by atoms with Crippen LogP contribution in [0.15, 0.2) is 46.2 Å². The first kappa shape index (κ1) is 20.4. The Morgan fingerprint density at radius 3 is 2.63 bits per heavy atom. The van der Waals surface area contributed by atoms with Crippen LogP contribution in [0.3, 0.4) is 0 Å². The molecule has 0 unspecified atom stereocenters. The lowest BCUT2D eigenvalue weighted by molar-refractivity contribution is 0.252. The van der Waals surface area contributed by atoms with E-state index in [9.17, 15) is 13.2 Å². The smallest absolute Gasteiger partial charge is 0.327 e. The van der Waals surface area contributed by atoms with Crippen molar-refractivity contribution in [2.75, 3.05) is 27.3 Å². The second-order valence-corrected chi connectivity index (χ2v) is 9.19. The Balaban J connectivity index is 1.50. The molecule has 1 N–H and O–H groups in total. The van der Waals surface area contributed by atoms with Crippen LogP contribution in [0.25, 0.3) is 11.2 Å². The van der Waals surface area contributed by atoms with E-state index in [1.807, 2.05) is 6.07 Å². The number of nitrogens with zero attached hydrogens (tertiary/aromatic N) is 3. The normalized spacial score (nSPS) is 16.1. The number of hydrogen-bond acceptors (Lipinski definition) is 6. The summed E-state index contributed by atoms with van der Waals surface area (Å²) < 4.78 is 40.0. The summed E-state index contributed by atoms with van der Waals surface area (Å²) in [6.07, 6.45) is 2.96. The number of ether oxygens (including phenoxy) is 2. The van der Waals surface area contributed by atoms with E-state index in [2.05, 4.69) is 9.97 Å². The van der Waals surface area contributed by atoms with E-state index in [0.29, 0.717) is 49.4 Å². The third-order valence-corrected chi connectivity index (χ3v) is 7.45. The fourth-order valence-electron chi connectivity index (χ4n) is 3.87. The number of H-pyrrole nitrogens is 1. The number of piperidine rings is 1. The molecule has 2 aromatic heterocycles. The molecule has 0 saturated carbocycles. The second-order valence-electron chi connectivity index (χ2n) is 7.28. The van der Waals surface area contributed by atoms with Crippen LogP contribution in [0.4, 0.5) is 0 Å². The van der Waals surface area contributed by atoms with Gasteiger partial charge in [0, 0.05) is 31.9 Å². The van der Waals surface area contributed by atoms with Crippen molar-refractivity contribution in [1.29, 1.82) is 0 Å². The number of sulfonamides is 1. The lowest BCUT2D eigenvalue weighted by Gasteiger charge is -2.31. The molecule has 0 amide bonds. The first-order valence-electron chi connectivity index (χ1n) is 9.69. The Morgan fingerprint density at radius 1 is 1.17 bits per heavy atom. The molecule has 0 bridgehead atoms. The van der Waals surface area contributed by atoms with Gasteiger partial charge in [0.1, 0.15) is 16.4 Å². The van der Waals surface area contributed by atoms with E-state index < -0.39 is 10.0 Å². The van der Waals surface area contributed by atoms with E-state index >= 15 is 0 Å². The van der Waals surface area contributed by atoms with Crippen LogP contribution in [0.2, 0.25) is 0 Å². The summed E-state index contributed by atoms with van der Waals surface area (Å²) in [5.74, 6) is 0.923. The third kappa shape index (κ3) is 3.68. The summed E-state index contributed by atoms with van der Waals surface area (Å²) in [5, 5.41) is 0. The quantitative estimate of drug-likeness (QED) is 0.637. The van der Waals surface area contributed by atoms with Gasteiger partial charge in [0.15, 0.2) is 5.65 Å². The van der Waals surface area contributed by atoms with Crippen LogP contribution in [0, 0.1) is 5.92 Å². The molecule has 30 heavy (non-hydrogen) atoms. The molecule has 160 valence electrons. The van der Waals surface area contributed by atoms with Gasteiger partial charge in [-0.25, -0.2) is 18.2 Å². The zero-order valence-electron chi connectivity index (χ0n) is 16.9. The Hall–Kier alpha value is -2.85. The Labute approximate surface area is 174 Å². The van der Waals surface area contributed by atoms with Crippen LogP contribution in [0.5, 0.6) is 11.5 Å². The van der Waals surface area contributed by atoms with E-state index in [1.165, 1.54) is 24.6 Å². The number of imidazole rings is 1. The molecule has 4 rings (SSSR count). The SMILES string of the molecule is COc1ccc(OC)c(S(=O)(=O)N2CCC(Cn3c(=O)[nH]c4cccnc43)CC2)c1. The topological polar surface area (TPSA) is 107 Å². The van der Waals surface area contributed by atoms with Gasteiger partial charge in [-0.15, -0.1) is 0 Å². The predicted octanol–water partition coefficient (Wildman–Crippen LogP) is 1.84. The largest absolute Gasteiger partial charge is 0.497 e. The molecule has 1 aliphatic heterocycles. The summed E-state index contributed by atoms with van der Waals surface area (Å²) in [6, 6.07) is 8.33. The number of fused-ring (bicyclic) bond motifs is 1. The molecule has 0 spiro atoms. The van der Waals surface area contributed by atoms with E-state index in [4.69, 9.17) is 9.47 Å². The lowest BCUT2D eigenvalue weighted by atomic mass is 9.98. The standard InChI is InChI=1S/C20H24N4O5S/c1-28-15-5-6-17(29-2)18(12-15)30(26,27)23-10-7-14(8-11-23)13-24-19-16(22-20(24)25)4-3-9-21-19/h3-6,9,12,14H,7-8,10-11,13H2,1-2H3,(H,22,25). The van der Waals surface area contributed by atoms with Crippen LogP contribution in [-0.4, -0.2) is 54.6 Å². The molecule has 0 atom stereocenters. The van der Waals surface area contributed by atoms with Gasteiger partial charge >= 0.3 is 5.69 Å². The Bertz CT molecular complexity index is 1210. The van der Waals surface area contributed by atoms with Crippen LogP contribution >= 0.6 is 0 Å². The molecule has 3 aromatic rings. The Kier molecular flexibility index (Phi) is 5.52. The molecule has 9 nitrogen and oxygen atoms in total. The van der Waals surface area contributed by atoms with Crippen LogP contribution in [0.1, 0.15) is 12.8 Å². The van der Waals surface area contributed by atoms with Crippen molar-refractivity contribution in [3.63, 3.8) is 0 Å². The van der Waals surface area contributed by atoms with Crippen molar-refractivity contribution in [2.24, 2.45) is 5.92 Å². The number of nitrogens with one attached hydrogen (secondary N) is 1. The summed E-state index contributed by atoms with van der Waals surface area (Å²) in [6.45, 7) is 1.25. The van der Waals surface area contributed by atoms with Gasteiger partial charge in [-0.2, -0.15) is 4.31 Å². The van der Waals surface area contributed by atoms with Gasteiger partial charge < -0.3 is 14.5 Å². The summed E-state index contributed by atoms with van der Waals surface area (Å²) in [4.78, 5) is 19.5. The lowest BCUT2D eigenvalue weighted by Crippen LogP contribution is -2.40. The summed E-state index contributed by atoms with van der Waals surface area (Å²) in [5.41, 5.74) is 1.13. The highest BCUT2D eigenvalue weighted by molar-refractivity contribution is 7.89. The average Bonchev–Trinajstić information content (AvgIpc) is 3.08. The Morgan fingerprint density at radius 2 is 1.93 bits per heavy atom. The number of aromatic amines is 1. The minimum absolute atomic E-state index is 0.0971. The molecule has 0 aliphatic carbocycles. The first-order valence-corrected chi connectivity index (χ1v) is 11.1. The van der Waals surface area contributed by atoms with Crippen molar-refractivity contribution in [3.05, 3.63) is 47.0 Å². The third-order valence-electron chi connectivity index (χ3n) is 5.53. The zero-order valence-corrected chi connectivity index (χ0v) is 17.7. The van der Waals surface area contributed by atoms with Crippen LogP contribution < -0.4 is 15.2 Å². The van der Waals surface area contributed by atoms with Gasteiger partial charge in [-0.3, -0.25) is 4.57 Å². The maximum Gasteiger partial charge on any atom is 0.327 e. The number of methoxy groups -OCH3 is 2.